The van der Waals surface area contributed by atoms with Gasteiger partial charge in [-0.3, -0.25) is 9.59 Å². The van der Waals surface area contributed by atoms with Crippen molar-refractivity contribution in [2.24, 2.45) is 0 Å². The van der Waals surface area contributed by atoms with Crippen LogP contribution in [0, 0.1) is 11.6 Å². The number of nitrogens with one attached hydrogen (secondary N) is 2. The average Bonchev–Trinajstić information content (AvgIpc) is 2.59. The molecule has 2 aromatic carbocycles. The molecule has 0 radical (unpaired) electrons. The molecule has 9 heteroatoms. The van der Waals surface area contributed by atoms with Crippen molar-refractivity contribution in [1.29, 1.82) is 0 Å². The molecule has 1 amide bonds. The molecule has 0 saturated carbocycles. The second-order valence-electron chi connectivity index (χ2n) is 5.76. The maximum absolute atomic E-state index is 14.2. The van der Waals surface area contributed by atoms with Crippen LogP contribution in [0.5, 0.6) is 0 Å². The first-order chi connectivity index (χ1) is 12.7. The van der Waals surface area contributed by atoms with Gasteiger partial charge in [0, 0.05) is 22.7 Å². The van der Waals surface area contributed by atoms with E-state index in [1.54, 1.807) is 18.2 Å². The van der Waals surface area contributed by atoms with E-state index in [1.807, 2.05) is 0 Å². The number of rotatable bonds is 7. The van der Waals surface area contributed by atoms with Crippen LogP contribution in [0.15, 0.2) is 30.3 Å². The van der Waals surface area contributed by atoms with Gasteiger partial charge in [0.2, 0.25) is 0 Å². The molecule has 0 aliphatic heterocycles. The average molecular weight is 417 g/mol. The summed E-state index contributed by atoms with van der Waals surface area (Å²) >= 11 is 11.9. The Hall–Kier alpha value is -2.38. The second kappa shape index (κ2) is 9.01. The molecule has 2 aromatic rings. The number of carboxylic acid groups (broad SMARTS) is 1. The van der Waals surface area contributed by atoms with E-state index in [4.69, 9.17) is 28.3 Å². The minimum Gasteiger partial charge on any atom is -0.480 e. The Balaban J connectivity index is 2.05. The third-order valence-electron chi connectivity index (χ3n) is 3.74. The predicted octanol–water partition coefficient (Wildman–Crippen LogP) is 4.13. The van der Waals surface area contributed by atoms with E-state index >= 15 is 0 Å². The molecule has 1 atom stereocenters. The topological polar surface area (TPSA) is 78.4 Å². The number of anilines is 1. The number of amides is 1. The Bertz CT molecular complexity index is 878. The molecule has 144 valence electrons. The summed E-state index contributed by atoms with van der Waals surface area (Å²) in [5.41, 5.74) is 0.0837. The third-order valence-corrected chi connectivity index (χ3v) is 4.33. The summed E-state index contributed by atoms with van der Waals surface area (Å²) in [6, 6.07) is 5.33. The van der Waals surface area contributed by atoms with Gasteiger partial charge in [0.05, 0.1) is 11.3 Å². The van der Waals surface area contributed by atoms with Crippen LogP contribution in [0.2, 0.25) is 10.0 Å². The van der Waals surface area contributed by atoms with E-state index in [1.165, 1.54) is 6.92 Å². The number of hydrogen-bond donors (Lipinski definition) is 3. The van der Waals surface area contributed by atoms with Gasteiger partial charge in [-0.25, -0.2) is 8.78 Å². The van der Waals surface area contributed by atoms with E-state index in [0.717, 1.165) is 17.7 Å². The SMILES string of the molecule is C[C@H](NC(=O)c1cc(F)c(NCCc2ccc(Cl)cc2Cl)cc1F)C(=O)O. The maximum Gasteiger partial charge on any atom is 0.325 e. The van der Waals surface area contributed by atoms with Gasteiger partial charge >= 0.3 is 5.97 Å². The minimum atomic E-state index is -1.29. The Morgan fingerprint density at radius 2 is 1.85 bits per heavy atom. The molecule has 0 aliphatic rings. The second-order valence-corrected chi connectivity index (χ2v) is 6.60. The van der Waals surface area contributed by atoms with Crippen LogP contribution in [0.3, 0.4) is 0 Å². The van der Waals surface area contributed by atoms with Gasteiger partial charge in [-0.15, -0.1) is 0 Å². The normalized spacial score (nSPS) is 11.7. The van der Waals surface area contributed by atoms with Crippen LogP contribution in [0.1, 0.15) is 22.8 Å². The molecule has 3 N–H and O–H groups in total. The number of carbonyl (C=O) groups excluding carboxylic acids is 1. The third kappa shape index (κ3) is 5.55. The molecule has 0 heterocycles. The highest BCUT2D eigenvalue weighted by atomic mass is 35.5. The lowest BCUT2D eigenvalue weighted by Crippen LogP contribution is -2.38. The zero-order valence-electron chi connectivity index (χ0n) is 14.2. The monoisotopic (exact) mass is 416 g/mol. The molecule has 2 rings (SSSR count). The van der Waals surface area contributed by atoms with Gasteiger partial charge in [0.25, 0.3) is 5.91 Å². The molecule has 0 aliphatic carbocycles. The van der Waals surface area contributed by atoms with Crippen LogP contribution in [0.25, 0.3) is 0 Å². The highest BCUT2D eigenvalue weighted by Crippen LogP contribution is 2.23. The van der Waals surface area contributed by atoms with Crippen molar-refractivity contribution in [3.05, 3.63) is 63.1 Å². The Kier molecular flexibility index (Phi) is 6.98. The van der Waals surface area contributed by atoms with E-state index in [9.17, 15) is 18.4 Å². The summed E-state index contributed by atoms with van der Waals surface area (Å²) in [6.07, 6.45) is 0.440. The van der Waals surface area contributed by atoms with Crippen molar-refractivity contribution in [2.45, 2.75) is 19.4 Å². The Labute approximate surface area is 164 Å². The van der Waals surface area contributed by atoms with E-state index in [2.05, 4.69) is 10.6 Å². The zero-order valence-corrected chi connectivity index (χ0v) is 15.7. The standard InChI is InChI=1S/C18H16Cl2F2N2O3/c1-9(18(26)27)24-17(25)12-7-15(22)16(8-14(12)21)23-5-4-10-2-3-11(19)6-13(10)20/h2-3,6-9,23H,4-5H2,1H3,(H,24,25)(H,26,27)/t9-/m0/s1. The number of benzene rings is 2. The Morgan fingerprint density at radius 3 is 2.48 bits per heavy atom. The van der Waals surface area contributed by atoms with Gasteiger partial charge in [-0.2, -0.15) is 0 Å². The number of carboxylic acids is 1. The lowest BCUT2D eigenvalue weighted by Gasteiger charge is -2.13. The van der Waals surface area contributed by atoms with Crippen molar-refractivity contribution < 1.29 is 23.5 Å². The maximum atomic E-state index is 14.2. The molecule has 5 nitrogen and oxygen atoms in total. The fraction of sp³-hybridized carbons (Fsp3) is 0.222. The molecular weight excluding hydrogens is 401 g/mol. The van der Waals surface area contributed by atoms with Gasteiger partial charge in [-0.05, 0) is 37.1 Å². The summed E-state index contributed by atoms with van der Waals surface area (Å²) in [4.78, 5) is 22.6. The smallest absolute Gasteiger partial charge is 0.325 e. The fourth-order valence-electron chi connectivity index (χ4n) is 2.25. The van der Waals surface area contributed by atoms with E-state index < -0.39 is 35.1 Å². The predicted molar refractivity (Wildman–Crippen MR) is 99.6 cm³/mol. The quantitative estimate of drug-likeness (QED) is 0.633. The van der Waals surface area contributed by atoms with Crippen molar-refractivity contribution in [3.63, 3.8) is 0 Å². The number of aliphatic carboxylic acids is 1. The minimum absolute atomic E-state index is 0.125. The highest BCUT2D eigenvalue weighted by Gasteiger charge is 2.20. The van der Waals surface area contributed by atoms with Crippen molar-refractivity contribution >= 4 is 40.8 Å². The molecule has 27 heavy (non-hydrogen) atoms. The fourth-order valence-corrected chi connectivity index (χ4v) is 2.75. The van der Waals surface area contributed by atoms with Crippen LogP contribution >= 0.6 is 23.2 Å². The first-order valence-corrected chi connectivity index (χ1v) is 8.65. The van der Waals surface area contributed by atoms with Gasteiger partial charge in [0.1, 0.15) is 17.7 Å². The van der Waals surface area contributed by atoms with Gasteiger partial charge in [-0.1, -0.05) is 29.3 Å². The summed E-state index contributed by atoms with van der Waals surface area (Å²) < 4.78 is 28.3. The van der Waals surface area contributed by atoms with Crippen molar-refractivity contribution in [1.82, 2.24) is 5.32 Å². The number of carbonyl (C=O) groups is 2. The zero-order chi connectivity index (χ0) is 20.1. The Morgan fingerprint density at radius 1 is 1.15 bits per heavy atom. The van der Waals surface area contributed by atoms with Gasteiger partial charge < -0.3 is 15.7 Å². The molecule has 0 spiro atoms. The molecule has 0 fully saturated rings. The molecular formula is C18H16Cl2F2N2O3. The highest BCUT2D eigenvalue weighted by molar-refractivity contribution is 6.35. The first kappa shape index (κ1) is 20.9. The summed E-state index contributed by atoms with van der Waals surface area (Å²) in [5, 5.41) is 14.5. The molecule has 0 saturated heterocycles. The summed E-state index contributed by atoms with van der Waals surface area (Å²) in [5.74, 6) is -4.12. The van der Waals surface area contributed by atoms with Crippen LogP contribution in [-0.2, 0) is 11.2 Å². The van der Waals surface area contributed by atoms with Crippen molar-refractivity contribution in [2.75, 3.05) is 11.9 Å². The lowest BCUT2D eigenvalue weighted by atomic mass is 10.1. The van der Waals surface area contributed by atoms with Crippen LogP contribution in [-0.4, -0.2) is 29.6 Å². The number of hydrogen-bond acceptors (Lipinski definition) is 3. The van der Waals surface area contributed by atoms with E-state index in [-0.39, 0.29) is 12.2 Å². The summed E-state index contributed by atoms with van der Waals surface area (Å²) in [6.45, 7) is 1.48. The van der Waals surface area contributed by atoms with Crippen LogP contribution < -0.4 is 10.6 Å². The van der Waals surface area contributed by atoms with E-state index in [0.29, 0.717) is 16.5 Å². The molecule has 0 bridgehead atoms. The largest absolute Gasteiger partial charge is 0.480 e. The first-order valence-electron chi connectivity index (χ1n) is 7.89. The van der Waals surface area contributed by atoms with Crippen molar-refractivity contribution in [3.8, 4) is 0 Å². The molecule has 0 unspecified atom stereocenters. The van der Waals surface area contributed by atoms with Gasteiger partial charge in [0.15, 0.2) is 0 Å². The number of halogens is 4. The lowest BCUT2D eigenvalue weighted by molar-refractivity contribution is -0.138. The summed E-state index contributed by atoms with van der Waals surface area (Å²) in [7, 11) is 0. The molecule has 0 aromatic heterocycles. The van der Waals surface area contributed by atoms with Crippen LogP contribution in [0.4, 0.5) is 14.5 Å².